The highest BCUT2D eigenvalue weighted by Crippen LogP contribution is 2.21. The zero-order valence-corrected chi connectivity index (χ0v) is 11.8. The Labute approximate surface area is 113 Å². The van der Waals surface area contributed by atoms with Gasteiger partial charge in [0.2, 0.25) is 5.91 Å². The van der Waals surface area contributed by atoms with E-state index in [0.717, 1.165) is 0 Å². The number of anilines is 1. The molecule has 0 aliphatic carbocycles. The second-order valence-electron chi connectivity index (χ2n) is 4.85. The minimum absolute atomic E-state index is 0.157. The number of rotatable bonds is 6. The van der Waals surface area contributed by atoms with Crippen molar-refractivity contribution in [2.75, 3.05) is 19.0 Å². The number of methoxy groups -OCH3 is 1. The highest BCUT2D eigenvalue weighted by Gasteiger charge is 2.14. The number of carbonyl (C=O) groups is 1. The molecule has 4 nitrogen and oxygen atoms in total. The number of benzene rings is 1. The van der Waals surface area contributed by atoms with Crippen molar-refractivity contribution in [1.82, 2.24) is 5.32 Å². The Bertz CT molecular complexity index is 435. The molecule has 106 valence electrons. The third-order valence-corrected chi connectivity index (χ3v) is 2.62. The summed E-state index contributed by atoms with van der Waals surface area (Å²) in [6.45, 7) is 6.32. The zero-order valence-electron chi connectivity index (χ0n) is 11.8. The predicted octanol–water partition coefficient (Wildman–Crippen LogP) is 2.41. The van der Waals surface area contributed by atoms with E-state index in [9.17, 15) is 9.18 Å². The Hall–Kier alpha value is -1.78. The van der Waals surface area contributed by atoms with E-state index in [1.54, 1.807) is 6.92 Å². The van der Waals surface area contributed by atoms with E-state index in [-0.39, 0.29) is 11.6 Å². The normalized spacial score (nSPS) is 12.1. The minimum Gasteiger partial charge on any atom is -0.497 e. The molecule has 2 N–H and O–H groups in total. The molecular weight excluding hydrogens is 247 g/mol. The van der Waals surface area contributed by atoms with Crippen LogP contribution in [0.25, 0.3) is 0 Å². The fourth-order valence-corrected chi connectivity index (χ4v) is 1.50. The first-order valence-corrected chi connectivity index (χ1v) is 6.31. The third-order valence-electron chi connectivity index (χ3n) is 2.62. The van der Waals surface area contributed by atoms with Crippen LogP contribution in [0.2, 0.25) is 0 Å². The fraction of sp³-hybridized carbons (Fsp3) is 0.500. The summed E-state index contributed by atoms with van der Waals surface area (Å²) in [5.74, 6) is 0.351. The predicted molar refractivity (Wildman–Crippen MR) is 73.9 cm³/mol. The third kappa shape index (κ3) is 4.77. The van der Waals surface area contributed by atoms with Gasteiger partial charge in [-0.2, -0.15) is 0 Å². The molecule has 5 heteroatoms. The highest BCUT2D eigenvalue weighted by atomic mass is 19.1. The van der Waals surface area contributed by atoms with Gasteiger partial charge in [-0.1, -0.05) is 13.8 Å². The Kier molecular flexibility index (Phi) is 5.60. The largest absolute Gasteiger partial charge is 0.497 e. The number of amides is 1. The molecule has 1 atom stereocenters. The summed E-state index contributed by atoms with van der Waals surface area (Å²) >= 11 is 0. The fourth-order valence-electron chi connectivity index (χ4n) is 1.50. The van der Waals surface area contributed by atoms with Crippen LogP contribution in [0.15, 0.2) is 18.2 Å². The molecule has 1 aromatic carbocycles. The SMILES string of the molecule is COc1ccc(F)c(NC(C)C(=O)NCC(C)C)c1. The Morgan fingerprint density at radius 1 is 1.37 bits per heavy atom. The maximum atomic E-state index is 13.6. The number of ether oxygens (including phenoxy) is 1. The van der Waals surface area contributed by atoms with E-state index >= 15 is 0 Å². The lowest BCUT2D eigenvalue weighted by atomic mass is 10.2. The second-order valence-corrected chi connectivity index (χ2v) is 4.85. The summed E-state index contributed by atoms with van der Waals surface area (Å²) < 4.78 is 18.6. The number of halogens is 1. The van der Waals surface area contributed by atoms with Gasteiger partial charge in [-0.3, -0.25) is 4.79 Å². The molecule has 0 saturated carbocycles. The van der Waals surface area contributed by atoms with Gasteiger partial charge in [0.25, 0.3) is 0 Å². The van der Waals surface area contributed by atoms with E-state index in [0.29, 0.717) is 18.2 Å². The van der Waals surface area contributed by atoms with Crippen LogP contribution < -0.4 is 15.4 Å². The molecular formula is C14H21FN2O2. The van der Waals surface area contributed by atoms with Crippen LogP contribution in [-0.2, 0) is 4.79 Å². The van der Waals surface area contributed by atoms with Crippen LogP contribution >= 0.6 is 0 Å². The van der Waals surface area contributed by atoms with E-state index in [1.807, 2.05) is 13.8 Å². The summed E-state index contributed by atoms with van der Waals surface area (Å²) in [4.78, 5) is 11.8. The summed E-state index contributed by atoms with van der Waals surface area (Å²) in [7, 11) is 1.51. The maximum absolute atomic E-state index is 13.6. The lowest BCUT2D eigenvalue weighted by Crippen LogP contribution is -2.39. The summed E-state index contributed by atoms with van der Waals surface area (Å²) in [5.41, 5.74) is 0.256. The quantitative estimate of drug-likeness (QED) is 0.833. The van der Waals surface area contributed by atoms with Crippen molar-refractivity contribution in [3.05, 3.63) is 24.0 Å². The van der Waals surface area contributed by atoms with Crippen molar-refractivity contribution in [1.29, 1.82) is 0 Å². The molecule has 0 fully saturated rings. The van der Waals surface area contributed by atoms with Gasteiger partial charge in [-0.25, -0.2) is 4.39 Å². The molecule has 1 amide bonds. The number of nitrogens with one attached hydrogen (secondary N) is 2. The van der Waals surface area contributed by atoms with Gasteiger partial charge < -0.3 is 15.4 Å². The molecule has 0 saturated heterocycles. The first-order chi connectivity index (χ1) is 8.93. The van der Waals surface area contributed by atoms with Crippen LogP contribution in [0.1, 0.15) is 20.8 Å². The van der Waals surface area contributed by atoms with E-state index in [4.69, 9.17) is 4.74 Å². The molecule has 0 aromatic heterocycles. The summed E-state index contributed by atoms with van der Waals surface area (Å²) in [6, 6.07) is 3.85. The molecule has 0 heterocycles. The molecule has 0 radical (unpaired) electrons. The Morgan fingerprint density at radius 2 is 2.05 bits per heavy atom. The molecule has 0 aliphatic rings. The van der Waals surface area contributed by atoms with Crippen LogP contribution in [0, 0.1) is 11.7 Å². The Balaban J connectivity index is 2.65. The Morgan fingerprint density at radius 3 is 2.63 bits per heavy atom. The van der Waals surface area contributed by atoms with Crippen molar-refractivity contribution in [2.45, 2.75) is 26.8 Å². The lowest BCUT2D eigenvalue weighted by molar-refractivity contribution is -0.121. The molecule has 0 aliphatic heterocycles. The van der Waals surface area contributed by atoms with Crippen molar-refractivity contribution < 1.29 is 13.9 Å². The minimum atomic E-state index is -0.514. The average Bonchev–Trinajstić information content (AvgIpc) is 2.38. The van der Waals surface area contributed by atoms with Crippen molar-refractivity contribution in [3.8, 4) is 5.75 Å². The molecule has 0 bridgehead atoms. The smallest absolute Gasteiger partial charge is 0.242 e. The monoisotopic (exact) mass is 268 g/mol. The first-order valence-electron chi connectivity index (χ1n) is 6.31. The van der Waals surface area contributed by atoms with Gasteiger partial charge in [0.05, 0.1) is 12.8 Å². The highest BCUT2D eigenvalue weighted by molar-refractivity contribution is 5.84. The van der Waals surface area contributed by atoms with Crippen molar-refractivity contribution in [2.24, 2.45) is 5.92 Å². The van der Waals surface area contributed by atoms with Crippen LogP contribution in [0.3, 0.4) is 0 Å². The molecule has 19 heavy (non-hydrogen) atoms. The average molecular weight is 268 g/mol. The number of hydrogen-bond acceptors (Lipinski definition) is 3. The molecule has 0 spiro atoms. The zero-order chi connectivity index (χ0) is 14.4. The lowest BCUT2D eigenvalue weighted by Gasteiger charge is -2.17. The van der Waals surface area contributed by atoms with E-state index in [2.05, 4.69) is 10.6 Å². The number of carbonyl (C=O) groups excluding carboxylic acids is 1. The van der Waals surface area contributed by atoms with E-state index < -0.39 is 11.9 Å². The van der Waals surface area contributed by atoms with Crippen molar-refractivity contribution in [3.63, 3.8) is 0 Å². The molecule has 1 rings (SSSR count). The van der Waals surface area contributed by atoms with E-state index in [1.165, 1.54) is 25.3 Å². The van der Waals surface area contributed by atoms with Gasteiger partial charge in [-0.05, 0) is 25.0 Å². The summed E-state index contributed by atoms with van der Waals surface area (Å²) in [5, 5.41) is 5.64. The number of hydrogen-bond donors (Lipinski definition) is 2. The van der Waals surface area contributed by atoms with Gasteiger partial charge in [0, 0.05) is 12.6 Å². The van der Waals surface area contributed by atoms with Gasteiger partial charge in [0.15, 0.2) is 0 Å². The topological polar surface area (TPSA) is 50.4 Å². The van der Waals surface area contributed by atoms with Crippen molar-refractivity contribution >= 4 is 11.6 Å². The van der Waals surface area contributed by atoms with Gasteiger partial charge in [-0.15, -0.1) is 0 Å². The maximum Gasteiger partial charge on any atom is 0.242 e. The summed E-state index contributed by atoms with van der Waals surface area (Å²) in [6.07, 6.45) is 0. The van der Waals surface area contributed by atoms with Gasteiger partial charge >= 0.3 is 0 Å². The molecule has 1 unspecified atom stereocenters. The standard InChI is InChI=1S/C14H21FN2O2/c1-9(2)8-16-14(18)10(3)17-13-7-11(19-4)5-6-12(13)15/h5-7,9-10,17H,8H2,1-4H3,(H,16,18). The molecule has 1 aromatic rings. The second kappa shape index (κ2) is 6.97. The van der Waals surface area contributed by atoms with Crippen LogP contribution in [0.4, 0.5) is 10.1 Å². The first kappa shape index (κ1) is 15.3. The van der Waals surface area contributed by atoms with Crippen LogP contribution in [-0.4, -0.2) is 25.6 Å². The van der Waals surface area contributed by atoms with Crippen LogP contribution in [0.5, 0.6) is 5.75 Å². The van der Waals surface area contributed by atoms with Gasteiger partial charge in [0.1, 0.15) is 17.6 Å².